The van der Waals surface area contributed by atoms with Crippen molar-refractivity contribution >= 4 is 23.3 Å². The number of anilines is 2. The predicted octanol–water partition coefficient (Wildman–Crippen LogP) is 3.89. The number of nitrogens with zero attached hydrogens (tertiary/aromatic N) is 2. The SMILES string of the molecule is CCOC(=O)c1ccc(NC(=O)c2cc(N3CCCCCC3)ccn2)cc1. The van der Waals surface area contributed by atoms with E-state index in [9.17, 15) is 9.59 Å². The highest BCUT2D eigenvalue weighted by molar-refractivity contribution is 6.03. The Balaban J connectivity index is 1.67. The predicted molar refractivity (Wildman–Crippen MR) is 105 cm³/mol. The molecule has 0 spiro atoms. The fourth-order valence-electron chi connectivity index (χ4n) is 3.17. The molecule has 0 saturated carbocycles. The zero-order valence-corrected chi connectivity index (χ0v) is 15.6. The fourth-order valence-corrected chi connectivity index (χ4v) is 3.17. The second-order valence-electron chi connectivity index (χ2n) is 6.55. The van der Waals surface area contributed by atoms with E-state index >= 15 is 0 Å². The molecule has 6 heteroatoms. The summed E-state index contributed by atoms with van der Waals surface area (Å²) in [6.45, 7) is 4.12. The molecule has 1 N–H and O–H groups in total. The second-order valence-corrected chi connectivity index (χ2v) is 6.55. The number of hydrogen-bond donors (Lipinski definition) is 1. The molecule has 0 radical (unpaired) electrons. The summed E-state index contributed by atoms with van der Waals surface area (Å²) in [5, 5.41) is 2.83. The van der Waals surface area contributed by atoms with Crippen LogP contribution in [0.3, 0.4) is 0 Å². The number of carbonyl (C=O) groups is 2. The van der Waals surface area contributed by atoms with Crippen molar-refractivity contribution in [3.8, 4) is 0 Å². The Labute approximate surface area is 159 Å². The molecule has 1 aliphatic heterocycles. The maximum Gasteiger partial charge on any atom is 0.338 e. The lowest BCUT2D eigenvalue weighted by Crippen LogP contribution is -2.24. The molecule has 2 aromatic rings. The van der Waals surface area contributed by atoms with E-state index in [2.05, 4.69) is 15.2 Å². The van der Waals surface area contributed by atoms with E-state index in [1.165, 1.54) is 25.7 Å². The maximum atomic E-state index is 12.6. The monoisotopic (exact) mass is 367 g/mol. The summed E-state index contributed by atoms with van der Waals surface area (Å²) in [5.74, 6) is -0.641. The summed E-state index contributed by atoms with van der Waals surface area (Å²) >= 11 is 0. The van der Waals surface area contributed by atoms with Crippen LogP contribution in [0.5, 0.6) is 0 Å². The van der Waals surface area contributed by atoms with Crippen LogP contribution in [0.25, 0.3) is 0 Å². The van der Waals surface area contributed by atoms with E-state index < -0.39 is 0 Å². The highest BCUT2D eigenvalue weighted by Gasteiger charge is 2.14. The molecule has 3 rings (SSSR count). The van der Waals surface area contributed by atoms with Gasteiger partial charge >= 0.3 is 5.97 Å². The molecule has 2 heterocycles. The summed E-state index contributed by atoms with van der Waals surface area (Å²) in [5.41, 5.74) is 2.48. The smallest absolute Gasteiger partial charge is 0.338 e. The number of ether oxygens (including phenoxy) is 1. The Kier molecular flexibility index (Phi) is 6.41. The number of pyridine rings is 1. The summed E-state index contributed by atoms with van der Waals surface area (Å²) in [4.78, 5) is 30.8. The first-order valence-corrected chi connectivity index (χ1v) is 9.47. The van der Waals surface area contributed by atoms with Gasteiger partial charge in [-0.1, -0.05) is 12.8 Å². The van der Waals surface area contributed by atoms with Crippen molar-refractivity contribution in [1.29, 1.82) is 0 Å². The van der Waals surface area contributed by atoms with E-state index in [-0.39, 0.29) is 11.9 Å². The number of esters is 1. The first-order valence-electron chi connectivity index (χ1n) is 9.47. The fraction of sp³-hybridized carbons (Fsp3) is 0.381. The van der Waals surface area contributed by atoms with Crippen molar-refractivity contribution in [2.24, 2.45) is 0 Å². The molecular formula is C21H25N3O3. The van der Waals surface area contributed by atoms with Crippen LogP contribution >= 0.6 is 0 Å². The van der Waals surface area contributed by atoms with Crippen LogP contribution in [-0.2, 0) is 4.74 Å². The van der Waals surface area contributed by atoms with Crippen molar-refractivity contribution in [2.45, 2.75) is 32.6 Å². The Hall–Kier alpha value is -2.89. The molecule has 142 valence electrons. The Morgan fingerprint density at radius 2 is 1.78 bits per heavy atom. The zero-order chi connectivity index (χ0) is 19.1. The normalized spacial score (nSPS) is 14.3. The topological polar surface area (TPSA) is 71.5 Å². The molecule has 27 heavy (non-hydrogen) atoms. The van der Waals surface area contributed by atoms with Crippen LogP contribution in [0.4, 0.5) is 11.4 Å². The third-order valence-electron chi connectivity index (χ3n) is 4.60. The van der Waals surface area contributed by atoms with Gasteiger partial charge in [0, 0.05) is 30.7 Å². The van der Waals surface area contributed by atoms with Crippen LogP contribution in [0, 0.1) is 0 Å². The average Bonchev–Trinajstić information content (AvgIpc) is 2.98. The highest BCUT2D eigenvalue weighted by atomic mass is 16.5. The van der Waals surface area contributed by atoms with E-state index in [0.29, 0.717) is 23.6 Å². The van der Waals surface area contributed by atoms with Gasteiger partial charge in [0.05, 0.1) is 12.2 Å². The molecule has 1 fully saturated rings. The highest BCUT2D eigenvalue weighted by Crippen LogP contribution is 2.20. The van der Waals surface area contributed by atoms with Crippen LogP contribution in [0.15, 0.2) is 42.6 Å². The third kappa shape index (κ3) is 5.06. The van der Waals surface area contributed by atoms with Crippen molar-refractivity contribution in [3.05, 3.63) is 53.9 Å². The lowest BCUT2D eigenvalue weighted by Gasteiger charge is -2.22. The second kappa shape index (κ2) is 9.16. The molecule has 1 aromatic heterocycles. The molecule has 1 aliphatic rings. The molecule has 0 aliphatic carbocycles. The first kappa shape index (κ1) is 18.9. The zero-order valence-electron chi connectivity index (χ0n) is 15.6. The van der Waals surface area contributed by atoms with Gasteiger partial charge < -0.3 is 15.0 Å². The third-order valence-corrected chi connectivity index (χ3v) is 4.60. The minimum absolute atomic E-state index is 0.268. The standard InChI is InChI=1S/C21H25N3O3/c1-2-27-21(26)16-7-9-17(10-8-16)23-20(25)19-15-18(11-12-22-19)24-13-5-3-4-6-14-24/h7-12,15H,2-6,13-14H2,1H3,(H,23,25). The van der Waals surface area contributed by atoms with Gasteiger partial charge in [-0.05, 0) is 56.2 Å². The van der Waals surface area contributed by atoms with E-state index in [1.807, 2.05) is 12.1 Å². The first-order chi connectivity index (χ1) is 13.2. The van der Waals surface area contributed by atoms with E-state index in [0.717, 1.165) is 18.8 Å². The number of aromatic nitrogens is 1. The molecule has 1 amide bonds. The minimum Gasteiger partial charge on any atom is -0.462 e. The van der Waals surface area contributed by atoms with Crippen LogP contribution in [0.1, 0.15) is 53.5 Å². The summed E-state index contributed by atoms with van der Waals surface area (Å²) in [6.07, 6.45) is 6.56. The largest absolute Gasteiger partial charge is 0.462 e. The quantitative estimate of drug-likeness (QED) is 0.812. The van der Waals surface area contributed by atoms with Crippen LogP contribution in [0.2, 0.25) is 0 Å². The van der Waals surface area contributed by atoms with Gasteiger partial charge in [0.2, 0.25) is 0 Å². The Bertz CT molecular complexity index is 782. The molecule has 0 atom stereocenters. The number of rotatable bonds is 5. The molecule has 0 bridgehead atoms. The van der Waals surface area contributed by atoms with E-state index in [1.54, 1.807) is 37.4 Å². The summed E-state index contributed by atoms with van der Waals surface area (Å²) < 4.78 is 4.96. The number of hydrogen-bond acceptors (Lipinski definition) is 5. The molecular weight excluding hydrogens is 342 g/mol. The van der Waals surface area contributed by atoms with Gasteiger partial charge in [0.15, 0.2) is 0 Å². The van der Waals surface area contributed by atoms with Gasteiger partial charge in [0.1, 0.15) is 5.69 Å². The lowest BCUT2D eigenvalue weighted by molar-refractivity contribution is 0.0526. The van der Waals surface area contributed by atoms with E-state index in [4.69, 9.17) is 4.74 Å². The Morgan fingerprint density at radius 3 is 2.44 bits per heavy atom. The molecule has 1 aromatic carbocycles. The van der Waals surface area contributed by atoms with Gasteiger partial charge in [-0.3, -0.25) is 9.78 Å². The number of amides is 1. The van der Waals surface area contributed by atoms with Gasteiger partial charge in [-0.2, -0.15) is 0 Å². The van der Waals surface area contributed by atoms with Crippen LogP contribution < -0.4 is 10.2 Å². The van der Waals surface area contributed by atoms with Crippen molar-refractivity contribution in [3.63, 3.8) is 0 Å². The average molecular weight is 367 g/mol. The summed E-state index contributed by atoms with van der Waals surface area (Å²) in [6, 6.07) is 10.4. The van der Waals surface area contributed by atoms with Gasteiger partial charge in [0.25, 0.3) is 5.91 Å². The summed E-state index contributed by atoms with van der Waals surface area (Å²) in [7, 11) is 0. The van der Waals surface area contributed by atoms with Crippen LogP contribution in [-0.4, -0.2) is 36.6 Å². The number of nitrogens with one attached hydrogen (secondary N) is 1. The molecule has 6 nitrogen and oxygen atoms in total. The molecule has 1 saturated heterocycles. The minimum atomic E-state index is -0.373. The number of carbonyl (C=O) groups excluding carboxylic acids is 2. The maximum absolute atomic E-state index is 12.6. The van der Waals surface area contributed by atoms with Crippen molar-refractivity contribution in [2.75, 3.05) is 29.9 Å². The number of benzene rings is 1. The lowest BCUT2D eigenvalue weighted by atomic mass is 10.2. The molecule has 0 unspecified atom stereocenters. The Morgan fingerprint density at radius 1 is 1.07 bits per heavy atom. The van der Waals surface area contributed by atoms with Gasteiger partial charge in [-0.15, -0.1) is 0 Å². The van der Waals surface area contributed by atoms with Gasteiger partial charge in [-0.25, -0.2) is 4.79 Å². The van der Waals surface area contributed by atoms with Crippen molar-refractivity contribution < 1.29 is 14.3 Å². The van der Waals surface area contributed by atoms with Crippen molar-refractivity contribution in [1.82, 2.24) is 4.98 Å².